The Labute approximate surface area is 81.7 Å². The van der Waals surface area contributed by atoms with Crippen LogP contribution in [-0.2, 0) is 4.79 Å². The van der Waals surface area contributed by atoms with E-state index < -0.39 is 12.1 Å². The Balaban J connectivity index is 2.33. The standard InChI is InChI=1S/C10H11NO3/c1-11-6-9(10(12)13)14-8-5-3-2-4-7(8)11/h2-5,9H,6H2,1H3,(H,12,13). The third-order valence-electron chi connectivity index (χ3n) is 2.26. The first-order valence-electron chi connectivity index (χ1n) is 4.38. The number of hydrogen-bond acceptors (Lipinski definition) is 3. The molecule has 1 N–H and O–H groups in total. The zero-order valence-electron chi connectivity index (χ0n) is 7.80. The molecule has 4 nitrogen and oxygen atoms in total. The van der Waals surface area contributed by atoms with E-state index in [0.717, 1.165) is 5.69 Å². The summed E-state index contributed by atoms with van der Waals surface area (Å²) >= 11 is 0. The quantitative estimate of drug-likeness (QED) is 0.722. The average Bonchev–Trinajstić information content (AvgIpc) is 2.17. The van der Waals surface area contributed by atoms with Gasteiger partial charge in [0.25, 0.3) is 0 Å². The van der Waals surface area contributed by atoms with Crippen molar-refractivity contribution in [3.63, 3.8) is 0 Å². The highest BCUT2D eigenvalue weighted by atomic mass is 16.5. The van der Waals surface area contributed by atoms with E-state index in [1.165, 1.54) is 0 Å². The first-order chi connectivity index (χ1) is 6.68. The average molecular weight is 193 g/mol. The van der Waals surface area contributed by atoms with Crippen LogP contribution in [0.25, 0.3) is 0 Å². The van der Waals surface area contributed by atoms with Crippen molar-refractivity contribution in [1.82, 2.24) is 0 Å². The monoisotopic (exact) mass is 193 g/mol. The van der Waals surface area contributed by atoms with E-state index in [1.54, 1.807) is 6.07 Å². The fourth-order valence-electron chi connectivity index (χ4n) is 1.54. The highest BCUT2D eigenvalue weighted by molar-refractivity contribution is 5.76. The Bertz CT molecular complexity index is 364. The van der Waals surface area contributed by atoms with E-state index in [1.807, 2.05) is 30.1 Å². The summed E-state index contributed by atoms with van der Waals surface area (Å²) in [5.74, 6) is -0.292. The lowest BCUT2D eigenvalue weighted by molar-refractivity contribution is -0.144. The summed E-state index contributed by atoms with van der Waals surface area (Å²) in [6.45, 7) is 0.381. The molecule has 0 saturated heterocycles. The van der Waals surface area contributed by atoms with Crippen LogP contribution in [-0.4, -0.2) is 30.8 Å². The summed E-state index contributed by atoms with van der Waals surface area (Å²) in [5, 5.41) is 8.83. The summed E-state index contributed by atoms with van der Waals surface area (Å²) in [6, 6.07) is 7.42. The highest BCUT2D eigenvalue weighted by Gasteiger charge is 2.28. The SMILES string of the molecule is CN1CC(C(=O)O)Oc2ccccc21. The zero-order valence-corrected chi connectivity index (χ0v) is 7.80. The van der Waals surface area contributed by atoms with E-state index in [4.69, 9.17) is 9.84 Å². The van der Waals surface area contributed by atoms with E-state index >= 15 is 0 Å². The molecule has 0 fully saturated rings. The van der Waals surface area contributed by atoms with Crippen LogP contribution in [0, 0.1) is 0 Å². The van der Waals surface area contributed by atoms with Crippen molar-refractivity contribution in [3.8, 4) is 5.75 Å². The minimum absolute atomic E-state index is 0.381. The normalized spacial score (nSPS) is 19.8. The lowest BCUT2D eigenvalue weighted by atomic mass is 10.2. The minimum atomic E-state index is -0.925. The first-order valence-corrected chi connectivity index (χ1v) is 4.38. The molecule has 0 amide bonds. The van der Waals surface area contributed by atoms with Gasteiger partial charge in [-0.15, -0.1) is 0 Å². The lowest BCUT2D eigenvalue weighted by Crippen LogP contribution is -2.42. The Hall–Kier alpha value is -1.71. The Morgan fingerprint density at radius 2 is 2.29 bits per heavy atom. The van der Waals surface area contributed by atoms with Gasteiger partial charge in [0, 0.05) is 7.05 Å². The molecule has 1 aromatic carbocycles. The molecule has 0 aromatic heterocycles. The number of ether oxygens (including phenoxy) is 1. The van der Waals surface area contributed by atoms with Crippen LogP contribution in [0.5, 0.6) is 5.75 Å². The summed E-state index contributed by atoms with van der Waals surface area (Å²) in [5.41, 5.74) is 0.935. The van der Waals surface area contributed by atoms with Crippen LogP contribution in [0.4, 0.5) is 5.69 Å². The molecule has 0 radical (unpaired) electrons. The third-order valence-corrected chi connectivity index (χ3v) is 2.26. The number of carboxylic acid groups (broad SMARTS) is 1. The highest BCUT2D eigenvalue weighted by Crippen LogP contribution is 2.31. The van der Waals surface area contributed by atoms with Gasteiger partial charge in [-0.2, -0.15) is 0 Å². The molecular weight excluding hydrogens is 182 g/mol. The molecule has 1 unspecified atom stereocenters. The smallest absolute Gasteiger partial charge is 0.346 e. The predicted molar refractivity (Wildman–Crippen MR) is 51.8 cm³/mol. The number of para-hydroxylation sites is 2. The number of nitrogens with zero attached hydrogens (tertiary/aromatic N) is 1. The largest absolute Gasteiger partial charge is 0.478 e. The van der Waals surface area contributed by atoms with Gasteiger partial charge in [0.2, 0.25) is 6.10 Å². The molecule has 1 atom stereocenters. The number of aliphatic carboxylic acids is 1. The molecule has 1 aliphatic rings. The van der Waals surface area contributed by atoms with Crippen LogP contribution in [0.1, 0.15) is 0 Å². The second-order valence-corrected chi connectivity index (χ2v) is 3.29. The maximum Gasteiger partial charge on any atom is 0.346 e. The number of likely N-dealkylation sites (N-methyl/N-ethyl adjacent to an activating group) is 1. The molecule has 14 heavy (non-hydrogen) atoms. The lowest BCUT2D eigenvalue weighted by Gasteiger charge is -2.31. The predicted octanol–water partition coefficient (Wildman–Crippen LogP) is 0.968. The van der Waals surface area contributed by atoms with Gasteiger partial charge in [-0.05, 0) is 12.1 Å². The van der Waals surface area contributed by atoms with Crippen molar-refractivity contribution in [2.75, 3.05) is 18.5 Å². The fraction of sp³-hybridized carbons (Fsp3) is 0.300. The van der Waals surface area contributed by atoms with Crippen LogP contribution in [0.2, 0.25) is 0 Å². The van der Waals surface area contributed by atoms with E-state index in [2.05, 4.69) is 0 Å². The molecule has 0 saturated carbocycles. The minimum Gasteiger partial charge on any atom is -0.478 e. The number of anilines is 1. The van der Waals surface area contributed by atoms with Gasteiger partial charge in [-0.3, -0.25) is 0 Å². The molecule has 1 heterocycles. The maximum absolute atomic E-state index is 10.8. The van der Waals surface area contributed by atoms with Crippen LogP contribution >= 0.6 is 0 Å². The topological polar surface area (TPSA) is 49.8 Å². The number of fused-ring (bicyclic) bond motifs is 1. The Morgan fingerprint density at radius 3 is 3.00 bits per heavy atom. The second-order valence-electron chi connectivity index (χ2n) is 3.29. The van der Waals surface area contributed by atoms with Crippen molar-refractivity contribution in [2.24, 2.45) is 0 Å². The van der Waals surface area contributed by atoms with E-state index in [-0.39, 0.29) is 0 Å². The second kappa shape index (κ2) is 3.21. The van der Waals surface area contributed by atoms with Gasteiger partial charge in [-0.25, -0.2) is 4.79 Å². The van der Waals surface area contributed by atoms with Crippen molar-refractivity contribution in [1.29, 1.82) is 0 Å². The van der Waals surface area contributed by atoms with Crippen molar-refractivity contribution < 1.29 is 14.6 Å². The van der Waals surface area contributed by atoms with Crippen molar-refractivity contribution >= 4 is 11.7 Å². The van der Waals surface area contributed by atoms with Gasteiger partial charge in [0.05, 0.1) is 12.2 Å². The summed E-state index contributed by atoms with van der Waals surface area (Å²) in [6.07, 6.45) is -0.769. The number of carbonyl (C=O) groups is 1. The van der Waals surface area contributed by atoms with Gasteiger partial charge in [0.15, 0.2) is 0 Å². The summed E-state index contributed by atoms with van der Waals surface area (Å²) in [4.78, 5) is 12.6. The Kier molecular flexibility index (Phi) is 2.04. The van der Waals surface area contributed by atoms with E-state index in [9.17, 15) is 4.79 Å². The molecule has 1 aromatic rings. The molecule has 0 bridgehead atoms. The van der Waals surface area contributed by atoms with Crippen LogP contribution in [0.15, 0.2) is 24.3 Å². The van der Waals surface area contributed by atoms with Gasteiger partial charge >= 0.3 is 5.97 Å². The summed E-state index contributed by atoms with van der Waals surface area (Å²) in [7, 11) is 1.86. The number of benzene rings is 1. The van der Waals surface area contributed by atoms with E-state index in [0.29, 0.717) is 12.3 Å². The van der Waals surface area contributed by atoms with Crippen LogP contribution < -0.4 is 9.64 Å². The Morgan fingerprint density at radius 1 is 1.57 bits per heavy atom. The first kappa shape index (κ1) is 8.87. The van der Waals surface area contributed by atoms with Gasteiger partial charge in [0.1, 0.15) is 5.75 Å². The number of rotatable bonds is 1. The molecule has 0 aliphatic carbocycles. The summed E-state index contributed by atoms with van der Waals surface area (Å²) < 4.78 is 5.32. The molecule has 74 valence electrons. The molecule has 0 spiro atoms. The maximum atomic E-state index is 10.8. The van der Waals surface area contributed by atoms with Gasteiger partial charge in [-0.1, -0.05) is 12.1 Å². The zero-order chi connectivity index (χ0) is 10.1. The van der Waals surface area contributed by atoms with Crippen molar-refractivity contribution in [2.45, 2.75) is 6.10 Å². The number of carboxylic acids is 1. The molecule has 1 aliphatic heterocycles. The van der Waals surface area contributed by atoms with Crippen molar-refractivity contribution in [3.05, 3.63) is 24.3 Å². The van der Waals surface area contributed by atoms with Gasteiger partial charge < -0.3 is 14.7 Å². The fourth-order valence-corrected chi connectivity index (χ4v) is 1.54. The molecule has 2 rings (SSSR count). The molecular formula is C10H11NO3. The molecule has 4 heteroatoms. The third kappa shape index (κ3) is 1.39. The number of hydrogen-bond donors (Lipinski definition) is 1. The van der Waals surface area contributed by atoms with Crippen LogP contribution in [0.3, 0.4) is 0 Å².